The molecule has 0 unspecified atom stereocenters. The fourth-order valence-electron chi connectivity index (χ4n) is 3.39. The van der Waals surface area contributed by atoms with Crippen LogP contribution in [0.2, 0.25) is 0 Å². The molecule has 120 valence electrons. The van der Waals surface area contributed by atoms with Gasteiger partial charge in [0, 0.05) is 17.5 Å². The summed E-state index contributed by atoms with van der Waals surface area (Å²) in [6, 6.07) is 16.9. The van der Waals surface area contributed by atoms with Gasteiger partial charge in [0.05, 0.1) is 23.2 Å². The van der Waals surface area contributed by atoms with Crippen LogP contribution < -0.4 is 5.32 Å². The summed E-state index contributed by atoms with van der Waals surface area (Å²) in [5.74, 6) is -0.209. The van der Waals surface area contributed by atoms with Crippen molar-refractivity contribution in [3.05, 3.63) is 77.0 Å². The van der Waals surface area contributed by atoms with Gasteiger partial charge in [-0.2, -0.15) is 0 Å². The Labute approximate surface area is 140 Å². The van der Waals surface area contributed by atoms with Crippen molar-refractivity contribution < 1.29 is 9.90 Å². The molecule has 0 fully saturated rings. The molecule has 0 spiro atoms. The Morgan fingerprint density at radius 2 is 1.96 bits per heavy atom. The number of aliphatic hydroxyl groups is 1. The Kier molecular flexibility index (Phi) is 3.54. The van der Waals surface area contributed by atoms with Gasteiger partial charge in [-0.3, -0.25) is 9.78 Å². The summed E-state index contributed by atoms with van der Waals surface area (Å²) < 4.78 is 0. The zero-order valence-electron chi connectivity index (χ0n) is 13.4. The second kappa shape index (κ2) is 5.73. The highest BCUT2D eigenvalue weighted by Gasteiger charge is 2.32. The average molecular weight is 318 g/mol. The molecule has 2 atom stereocenters. The number of fused-ring (bicyclic) bond motifs is 2. The van der Waals surface area contributed by atoms with Crippen LogP contribution in [0.4, 0.5) is 0 Å². The van der Waals surface area contributed by atoms with Crippen molar-refractivity contribution in [2.75, 3.05) is 0 Å². The molecule has 1 aromatic heterocycles. The molecule has 3 aromatic rings. The largest absolute Gasteiger partial charge is 0.390 e. The summed E-state index contributed by atoms with van der Waals surface area (Å²) in [7, 11) is 0. The molecule has 1 amide bonds. The molecule has 2 N–H and O–H groups in total. The van der Waals surface area contributed by atoms with Crippen molar-refractivity contribution in [2.24, 2.45) is 0 Å². The van der Waals surface area contributed by atoms with Crippen LogP contribution in [0, 0.1) is 6.92 Å². The van der Waals surface area contributed by atoms with Gasteiger partial charge in [0.15, 0.2) is 0 Å². The number of carbonyl (C=O) groups is 1. The fourth-order valence-corrected chi connectivity index (χ4v) is 3.39. The maximum absolute atomic E-state index is 12.8. The number of aryl methyl sites for hydroxylation is 1. The summed E-state index contributed by atoms with van der Waals surface area (Å²) in [4.78, 5) is 17.3. The molecule has 0 bridgehead atoms. The van der Waals surface area contributed by atoms with Gasteiger partial charge in [0.1, 0.15) is 0 Å². The van der Waals surface area contributed by atoms with E-state index in [0.29, 0.717) is 17.5 Å². The first-order valence-electron chi connectivity index (χ1n) is 8.06. The normalized spacial score (nSPS) is 19.2. The van der Waals surface area contributed by atoms with E-state index < -0.39 is 6.10 Å². The molecule has 24 heavy (non-hydrogen) atoms. The van der Waals surface area contributed by atoms with Crippen LogP contribution in [0.5, 0.6) is 0 Å². The zero-order chi connectivity index (χ0) is 16.7. The lowest BCUT2D eigenvalue weighted by molar-refractivity contribution is 0.0859. The number of para-hydroxylation sites is 1. The van der Waals surface area contributed by atoms with Crippen molar-refractivity contribution >= 4 is 16.8 Å². The number of amides is 1. The minimum atomic E-state index is -0.601. The van der Waals surface area contributed by atoms with Crippen molar-refractivity contribution in [1.82, 2.24) is 10.3 Å². The van der Waals surface area contributed by atoms with Gasteiger partial charge < -0.3 is 10.4 Å². The van der Waals surface area contributed by atoms with Gasteiger partial charge in [-0.25, -0.2) is 0 Å². The Morgan fingerprint density at radius 3 is 2.83 bits per heavy atom. The summed E-state index contributed by atoms with van der Waals surface area (Å²) in [5, 5.41) is 14.2. The third kappa shape index (κ3) is 2.45. The van der Waals surface area contributed by atoms with Crippen molar-refractivity contribution in [3.63, 3.8) is 0 Å². The van der Waals surface area contributed by atoms with E-state index in [1.165, 1.54) is 0 Å². The van der Waals surface area contributed by atoms with Crippen molar-refractivity contribution in [3.8, 4) is 0 Å². The highest BCUT2D eigenvalue weighted by molar-refractivity contribution is 6.05. The predicted molar refractivity (Wildman–Crippen MR) is 92.8 cm³/mol. The Bertz CT molecular complexity index is 936. The number of benzene rings is 2. The number of rotatable bonds is 2. The number of aromatic nitrogens is 1. The molecular formula is C20H18N2O2. The molecular weight excluding hydrogens is 300 g/mol. The summed E-state index contributed by atoms with van der Waals surface area (Å²) in [6.45, 7) is 1.91. The van der Waals surface area contributed by atoms with E-state index in [4.69, 9.17) is 0 Å². The lowest BCUT2D eigenvalue weighted by Gasteiger charge is -2.18. The molecule has 4 nitrogen and oxygen atoms in total. The van der Waals surface area contributed by atoms with Gasteiger partial charge in [0.25, 0.3) is 5.91 Å². The number of nitrogens with zero attached hydrogens (tertiary/aromatic N) is 1. The monoisotopic (exact) mass is 318 g/mol. The van der Waals surface area contributed by atoms with E-state index in [2.05, 4.69) is 10.3 Å². The minimum Gasteiger partial charge on any atom is -0.390 e. The van der Waals surface area contributed by atoms with Gasteiger partial charge in [0.2, 0.25) is 0 Å². The number of nitrogens with one attached hydrogen (secondary N) is 1. The van der Waals surface area contributed by atoms with Crippen LogP contribution in [0.3, 0.4) is 0 Å². The van der Waals surface area contributed by atoms with Crippen LogP contribution >= 0.6 is 0 Å². The van der Waals surface area contributed by atoms with Crippen LogP contribution in [0.15, 0.2) is 54.6 Å². The minimum absolute atomic E-state index is 0.209. The molecule has 4 heteroatoms. The van der Waals surface area contributed by atoms with E-state index in [1.807, 2.05) is 55.5 Å². The highest BCUT2D eigenvalue weighted by atomic mass is 16.3. The SMILES string of the molecule is Cc1ccc2cccc(C(=O)N[C@@H]3c4ccccc4C[C@@H]3O)c2n1. The smallest absolute Gasteiger partial charge is 0.254 e. The number of aliphatic hydroxyl groups excluding tert-OH is 1. The van der Waals surface area contributed by atoms with E-state index in [9.17, 15) is 9.90 Å². The molecule has 0 saturated carbocycles. The Morgan fingerprint density at radius 1 is 1.12 bits per heavy atom. The first-order chi connectivity index (χ1) is 11.6. The van der Waals surface area contributed by atoms with E-state index in [0.717, 1.165) is 22.2 Å². The quantitative estimate of drug-likeness (QED) is 0.763. The lowest BCUT2D eigenvalue weighted by atomic mass is 10.1. The molecule has 1 aliphatic carbocycles. The number of pyridine rings is 1. The van der Waals surface area contributed by atoms with E-state index >= 15 is 0 Å². The highest BCUT2D eigenvalue weighted by Crippen LogP contribution is 2.31. The molecule has 1 aliphatic rings. The van der Waals surface area contributed by atoms with E-state index in [-0.39, 0.29) is 11.9 Å². The number of hydrogen-bond donors (Lipinski definition) is 2. The Hall–Kier alpha value is -2.72. The maximum atomic E-state index is 12.8. The second-order valence-corrected chi connectivity index (χ2v) is 6.25. The fraction of sp³-hybridized carbons (Fsp3) is 0.200. The van der Waals surface area contributed by atoms with Gasteiger partial charge >= 0.3 is 0 Å². The molecule has 1 heterocycles. The first-order valence-corrected chi connectivity index (χ1v) is 8.06. The summed E-state index contributed by atoms with van der Waals surface area (Å²) in [5.41, 5.74) is 4.17. The van der Waals surface area contributed by atoms with Gasteiger partial charge in [-0.1, -0.05) is 42.5 Å². The van der Waals surface area contributed by atoms with Crippen LogP contribution in [0.25, 0.3) is 10.9 Å². The third-order valence-electron chi connectivity index (χ3n) is 4.59. The van der Waals surface area contributed by atoms with Gasteiger partial charge in [-0.15, -0.1) is 0 Å². The third-order valence-corrected chi connectivity index (χ3v) is 4.59. The Balaban J connectivity index is 1.69. The predicted octanol–water partition coefficient (Wildman–Crippen LogP) is 2.93. The lowest BCUT2D eigenvalue weighted by Crippen LogP contribution is -2.34. The molecule has 0 aliphatic heterocycles. The summed E-state index contributed by atoms with van der Waals surface area (Å²) in [6.07, 6.45) is -0.0374. The molecule has 4 rings (SSSR count). The van der Waals surface area contributed by atoms with Crippen molar-refractivity contribution in [2.45, 2.75) is 25.5 Å². The topological polar surface area (TPSA) is 62.2 Å². The zero-order valence-corrected chi connectivity index (χ0v) is 13.4. The van der Waals surface area contributed by atoms with Crippen LogP contribution in [-0.2, 0) is 6.42 Å². The number of hydrogen-bond acceptors (Lipinski definition) is 3. The first kappa shape index (κ1) is 14.8. The van der Waals surface area contributed by atoms with E-state index in [1.54, 1.807) is 6.07 Å². The molecule has 0 radical (unpaired) electrons. The van der Waals surface area contributed by atoms with Gasteiger partial charge in [-0.05, 0) is 30.2 Å². The van der Waals surface area contributed by atoms with Crippen LogP contribution in [0.1, 0.15) is 33.2 Å². The maximum Gasteiger partial charge on any atom is 0.254 e. The molecule has 2 aromatic carbocycles. The summed E-state index contributed by atoms with van der Waals surface area (Å²) >= 11 is 0. The standard InChI is InChI=1S/C20H18N2O2/c1-12-9-10-13-6-4-8-16(18(13)21-12)20(24)22-19-15-7-3-2-5-14(15)11-17(19)23/h2-10,17,19,23H,11H2,1H3,(H,22,24)/t17-,19+/m0/s1. The average Bonchev–Trinajstić information content (AvgIpc) is 2.90. The number of carbonyl (C=O) groups excluding carboxylic acids is 1. The second-order valence-electron chi connectivity index (χ2n) is 6.25. The van der Waals surface area contributed by atoms with Crippen LogP contribution in [-0.4, -0.2) is 22.1 Å². The van der Waals surface area contributed by atoms with Crippen molar-refractivity contribution in [1.29, 1.82) is 0 Å². The molecule has 0 saturated heterocycles.